The number of nitrogens with one attached hydrogen (secondary N) is 1. The van der Waals surface area contributed by atoms with Crippen LogP contribution in [-0.2, 0) is 15.9 Å². The molecule has 2 rings (SSSR count). The van der Waals surface area contributed by atoms with Gasteiger partial charge in [0.15, 0.2) is 0 Å². The molecule has 0 bridgehead atoms. The molecule has 0 aromatic heterocycles. The predicted octanol–water partition coefficient (Wildman–Crippen LogP) is 3.01. The highest BCUT2D eigenvalue weighted by Crippen LogP contribution is 2.30. The first kappa shape index (κ1) is 16.2. The van der Waals surface area contributed by atoms with Gasteiger partial charge in [0.2, 0.25) is 0 Å². The predicted molar refractivity (Wildman–Crippen MR) is 90.1 cm³/mol. The molecule has 0 amide bonds. The van der Waals surface area contributed by atoms with Crippen LogP contribution < -0.4 is 5.32 Å². The minimum atomic E-state index is -0.0999. The summed E-state index contributed by atoms with van der Waals surface area (Å²) in [6.45, 7) is 4.70. The van der Waals surface area contributed by atoms with Gasteiger partial charge in [0.05, 0.1) is 5.60 Å². The van der Waals surface area contributed by atoms with Gasteiger partial charge < -0.3 is 14.8 Å². The van der Waals surface area contributed by atoms with Crippen molar-refractivity contribution in [3.63, 3.8) is 0 Å². The Labute approximate surface area is 135 Å². The van der Waals surface area contributed by atoms with Crippen molar-refractivity contribution < 1.29 is 9.47 Å². The van der Waals surface area contributed by atoms with Gasteiger partial charge in [0.1, 0.15) is 0 Å². The van der Waals surface area contributed by atoms with Crippen LogP contribution in [0.25, 0.3) is 0 Å². The molecule has 1 aliphatic rings. The van der Waals surface area contributed by atoms with E-state index in [0.717, 1.165) is 39.0 Å². The molecule has 1 aromatic carbocycles. The lowest BCUT2D eigenvalue weighted by Crippen LogP contribution is -2.56. The Bertz CT molecular complexity index is 401. The van der Waals surface area contributed by atoms with E-state index in [1.165, 1.54) is 9.13 Å². The average molecular weight is 389 g/mol. The van der Waals surface area contributed by atoms with Crippen molar-refractivity contribution in [3.05, 3.63) is 33.4 Å². The summed E-state index contributed by atoms with van der Waals surface area (Å²) in [5, 5.41) is 3.62. The average Bonchev–Trinajstić information content (AvgIpc) is 2.49. The Morgan fingerprint density at radius 1 is 1.30 bits per heavy atom. The molecule has 0 radical (unpaired) electrons. The first-order valence-corrected chi connectivity index (χ1v) is 8.39. The number of ether oxygens (including phenoxy) is 2. The third-order valence-corrected chi connectivity index (χ3v) is 4.90. The minimum absolute atomic E-state index is 0.0999. The molecular formula is C16H24INO2. The molecule has 112 valence electrons. The highest BCUT2D eigenvalue weighted by Gasteiger charge is 2.40. The highest BCUT2D eigenvalue weighted by atomic mass is 127. The number of rotatable bonds is 6. The highest BCUT2D eigenvalue weighted by molar-refractivity contribution is 14.1. The van der Waals surface area contributed by atoms with Crippen LogP contribution in [-0.4, -0.2) is 38.5 Å². The van der Waals surface area contributed by atoms with Crippen LogP contribution in [0.5, 0.6) is 0 Å². The largest absolute Gasteiger partial charge is 0.381 e. The van der Waals surface area contributed by atoms with Gasteiger partial charge >= 0.3 is 0 Å². The van der Waals surface area contributed by atoms with E-state index in [-0.39, 0.29) is 5.60 Å². The quantitative estimate of drug-likeness (QED) is 0.759. The van der Waals surface area contributed by atoms with Crippen molar-refractivity contribution in [1.29, 1.82) is 0 Å². The molecule has 4 heteroatoms. The molecule has 1 atom stereocenters. The van der Waals surface area contributed by atoms with Crippen LogP contribution in [0, 0.1) is 3.57 Å². The fourth-order valence-corrected chi connectivity index (χ4v) is 3.32. The molecule has 0 spiro atoms. The zero-order valence-corrected chi connectivity index (χ0v) is 14.5. The van der Waals surface area contributed by atoms with E-state index in [1.54, 1.807) is 0 Å². The SMILES string of the molecule is CCNC(Cc1ccc(I)cc1)C1(OC)CCOCC1. The van der Waals surface area contributed by atoms with Crippen molar-refractivity contribution in [2.45, 2.75) is 37.8 Å². The molecule has 1 fully saturated rings. The minimum Gasteiger partial charge on any atom is -0.381 e. The molecule has 1 aromatic rings. The number of hydrogen-bond donors (Lipinski definition) is 1. The van der Waals surface area contributed by atoms with Crippen LogP contribution in [0.4, 0.5) is 0 Å². The molecule has 0 saturated carbocycles. The van der Waals surface area contributed by atoms with Gasteiger partial charge in [-0.3, -0.25) is 0 Å². The second kappa shape index (κ2) is 7.73. The number of benzene rings is 1. The molecule has 1 aliphatic heterocycles. The molecule has 1 heterocycles. The van der Waals surface area contributed by atoms with Crippen molar-refractivity contribution in [2.75, 3.05) is 26.9 Å². The van der Waals surface area contributed by atoms with Gasteiger partial charge in [-0.15, -0.1) is 0 Å². The van der Waals surface area contributed by atoms with Gasteiger partial charge in [0.25, 0.3) is 0 Å². The van der Waals surface area contributed by atoms with E-state index in [4.69, 9.17) is 9.47 Å². The maximum Gasteiger partial charge on any atom is 0.0877 e. The summed E-state index contributed by atoms with van der Waals surface area (Å²) in [4.78, 5) is 0. The number of hydrogen-bond acceptors (Lipinski definition) is 3. The van der Waals surface area contributed by atoms with Crippen molar-refractivity contribution >= 4 is 22.6 Å². The Balaban J connectivity index is 2.14. The molecular weight excluding hydrogens is 365 g/mol. The Morgan fingerprint density at radius 2 is 1.95 bits per heavy atom. The first-order chi connectivity index (χ1) is 9.70. The fourth-order valence-electron chi connectivity index (χ4n) is 2.96. The summed E-state index contributed by atoms with van der Waals surface area (Å²) in [5.41, 5.74) is 1.26. The zero-order chi connectivity index (χ0) is 14.4. The maximum atomic E-state index is 5.95. The van der Waals surface area contributed by atoms with E-state index in [1.807, 2.05) is 7.11 Å². The van der Waals surface area contributed by atoms with Crippen LogP contribution in [0.1, 0.15) is 25.3 Å². The summed E-state index contributed by atoms with van der Waals surface area (Å²) in [5.74, 6) is 0. The Morgan fingerprint density at radius 3 is 2.50 bits per heavy atom. The van der Waals surface area contributed by atoms with Gasteiger partial charge in [0, 0.05) is 42.8 Å². The van der Waals surface area contributed by atoms with E-state index in [2.05, 4.69) is 59.1 Å². The molecule has 3 nitrogen and oxygen atoms in total. The van der Waals surface area contributed by atoms with E-state index in [9.17, 15) is 0 Å². The topological polar surface area (TPSA) is 30.5 Å². The fraction of sp³-hybridized carbons (Fsp3) is 0.625. The second-order valence-corrected chi connectivity index (χ2v) is 6.57. The summed E-state index contributed by atoms with van der Waals surface area (Å²) in [7, 11) is 1.84. The molecule has 1 saturated heterocycles. The number of methoxy groups -OCH3 is 1. The third kappa shape index (κ3) is 3.93. The van der Waals surface area contributed by atoms with Crippen LogP contribution in [0.2, 0.25) is 0 Å². The normalized spacial score (nSPS) is 19.8. The standard InChI is InChI=1S/C16H24INO2/c1-3-18-15(12-13-4-6-14(17)7-5-13)16(19-2)8-10-20-11-9-16/h4-7,15,18H,3,8-12H2,1-2H3. The van der Waals surface area contributed by atoms with E-state index < -0.39 is 0 Å². The number of halogens is 1. The van der Waals surface area contributed by atoms with Crippen LogP contribution in [0.15, 0.2) is 24.3 Å². The lowest BCUT2D eigenvalue weighted by Gasteiger charge is -2.42. The third-order valence-electron chi connectivity index (χ3n) is 4.18. The molecule has 20 heavy (non-hydrogen) atoms. The van der Waals surface area contributed by atoms with Crippen LogP contribution in [0.3, 0.4) is 0 Å². The molecule has 0 aliphatic carbocycles. The summed E-state index contributed by atoms with van der Waals surface area (Å²) in [6, 6.07) is 9.11. The van der Waals surface area contributed by atoms with E-state index in [0.29, 0.717) is 6.04 Å². The Kier molecular flexibility index (Phi) is 6.26. The second-order valence-electron chi connectivity index (χ2n) is 5.32. The lowest BCUT2D eigenvalue weighted by atomic mass is 9.82. The lowest BCUT2D eigenvalue weighted by molar-refractivity contribution is -0.110. The van der Waals surface area contributed by atoms with Gasteiger partial charge in [-0.2, -0.15) is 0 Å². The van der Waals surface area contributed by atoms with Crippen molar-refractivity contribution in [3.8, 4) is 0 Å². The summed E-state index contributed by atoms with van der Waals surface area (Å²) >= 11 is 2.34. The van der Waals surface area contributed by atoms with Crippen LogP contribution >= 0.6 is 22.6 Å². The van der Waals surface area contributed by atoms with Gasteiger partial charge in [-0.05, 0) is 53.3 Å². The van der Waals surface area contributed by atoms with Crippen molar-refractivity contribution in [2.24, 2.45) is 0 Å². The smallest absolute Gasteiger partial charge is 0.0877 e. The summed E-state index contributed by atoms with van der Waals surface area (Å²) < 4.78 is 12.7. The summed E-state index contributed by atoms with van der Waals surface area (Å²) in [6.07, 6.45) is 2.93. The van der Waals surface area contributed by atoms with Gasteiger partial charge in [-0.25, -0.2) is 0 Å². The first-order valence-electron chi connectivity index (χ1n) is 7.31. The Hall–Kier alpha value is -0.170. The van der Waals surface area contributed by atoms with E-state index >= 15 is 0 Å². The maximum absolute atomic E-state index is 5.95. The monoisotopic (exact) mass is 389 g/mol. The van der Waals surface area contributed by atoms with Gasteiger partial charge in [-0.1, -0.05) is 19.1 Å². The molecule has 1 N–H and O–H groups in total. The zero-order valence-electron chi connectivity index (χ0n) is 12.3. The molecule has 1 unspecified atom stereocenters. The number of likely N-dealkylation sites (N-methyl/N-ethyl adjacent to an activating group) is 1. The van der Waals surface area contributed by atoms with Crippen molar-refractivity contribution in [1.82, 2.24) is 5.32 Å².